The molecule has 3 heteroatoms. The highest BCUT2D eigenvalue weighted by Crippen LogP contribution is 2.27. The SMILES string of the molecule is CCC(C)C1CN(CC2CCOC2CC)C(CC)CN1. The minimum Gasteiger partial charge on any atom is -0.378 e. The number of nitrogens with zero attached hydrogens (tertiary/aromatic N) is 1. The molecule has 5 unspecified atom stereocenters. The van der Waals surface area contributed by atoms with E-state index in [9.17, 15) is 0 Å². The van der Waals surface area contributed by atoms with Gasteiger partial charge in [0.05, 0.1) is 6.10 Å². The van der Waals surface area contributed by atoms with Crippen LogP contribution in [0.15, 0.2) is 0 Å². The second-order valence-electron chi connectivity index (χ2n) is 6.78. The number of nitrogens with one attached hydrogen (secondary N) is 1. The topological polar surface area (TPSA) is 24.5 Å². The molecule has 0 saturated carbocycles. The van der Waals surface area contributed by atoms with Crippen LogP contribution in [0.5, 0.6) is 0 Å². The van der Waals surface area contributed by atoms with E-state index in [2.05, 4.69) is 37.9 Å². The van der Waals surface area contributed by atoms with Crippen molar-refractivity contribution in [1.29, 1.82) is 0 Å². The van der Waals surface area contributed by atoms with E-state index in [1.807, 2.05) is 0 Å². The molecular weight excluding hydrogens is 248 g/mol. The van der Waals surface area contributed by atoms with Gasteiger partial charge in [-0.3, -0.25) is 4.90 Å². The van der Waals surface area contributed by atoms with Crippen LogP contribution in [0.2, 0.25) is 0 Å². The van der Waals surface area contributed by atoms with Crippen LogP contribution in [-0.4, -0.2) is 49.3 Å². The van der Waals surface area contributed by atoms with Crippen molar-refractivity contribution in [3.8, 4) is 0 Å². The Hall–Kier alpha value is -0.120. The van der Waals surface area contributed by atoms with Crippen LogP contribution in [0.3, 0.4) is 0 Å². The maximum absolute atomic E-state index is 5.88. The highest BCUT2D eigenvalue weighted by Gasteiger charge is 2.34. The Morgan fingerprint density at radius 3 is 2.70 bits per heavy atom. The van der Waals surface area contributed by atoms with Gasteiger partial charge in [0.15, 0.2) is 0 Å². The van der Waals surface area contributed by atoms with Crippen molar-refractivity contribution in [2.75, 3.05) is 26.2 Å². The monoisotopic (exact) mass is 282 g/mol. The van der Waals surface area contributed by atoms with Crippen LogP contribution in [0.25, 0.3) is 0 Å². The van der Waals surface area contributed by atoms with E-state index in [0.717, 1.165) is 25.0 Å². The second-order valence-corrected chi connectivity index (χ2v) is 6.78. The van der Waals surface area contributed by atoms with E-state index in [1.165, 1.54) is 38.8 Å². The average molecular weight is 282 g/mol. The molecule has 2 aliphatic rings. The molecule has 3 nitrogen and oxygen atoms in total. The first-order chi connectivity index (χ1) is 9.69. The Kier molecular flexibility index (Phi) is 6.31. The smallest absolute Gasteiger partial charge is 0.0613 e. The van der Waals surface area contributed by atoms with Crippen LogP contribution in [0, 0.1) is 11.8 Å². The Labute approximate surface area is 125 Å². The molecule has 20 heavy (non-hydrogen) atoms. The largest absolute Gasteiger partial charge is 0.378 e. The summed E-state index contributed by atoms with van der Waals surface area (Å²) < 4.78 is 5.88. The molecule has 2 heterocycles. The van der Waals surface area contributed by atoms with Gasteiger partial charge in [0.1, 0.15) is 0 Å². The van der Waals surface area contributed by atoms with Gasteiger partial charge in [-0.2, -0.15) is 0 Å². The normalized spacial score (nSPS) is 37.2. The molecule has 0 spiro atoms. The summed E-state index contributed by atoms with van der Waals surface area (Å²) in [7, 11) is 0. The molecule has 2 fully saturated rings. The molecule has 5 atom stereocenters. The molecule has 2 aliphatic heterocycles. The lowest BCUT2D eigenvalue weighted by Gasteiger charge is -2.43. The third kappa shape index (κ3) is 3.75. The summed E-state index contributed by atoms with van der Waals surface area (Å²) >= 11 is 0. The summed E-state index contributed by atoms with van der Waals surface area (Å²) in [5, 5.41) is 3.78. The highest BCUT2D eigenvalue weighted by molar-refractivity contribution is 4.90. The van der Waals surface area contributed by atoms with Crippen molar-refractivity contribution in [3.63, 3.8) is 0 Å². The summed E-state index contributed by atoms with van der Waals surface area (Å²) in [6, 6.07) is 1.39. The van der Waals surface area contributed by atoms with E-state index < -0.39 is 0 Å². The standard InChI is InChI=1S/C17H34N2O/c1-5-13(4)16-12-19(15(6-2)10-18-16)11-14-8-9-20-17(14)7-3/h13-18H,5-12H2,1-4H3. The maximum Gasteiger partial charge on any atom is 0.0613 e. The first-order valence-electron chi connectivity index (χ1n) is 8.78. The van der Waals surface area contributed by atoms with Gasteiger partial charge in [0, 0.05) is 38.3 Å². The molecule has 0 bridgehead atoms. The van der Waals surface area contributed by atoms with Crippen LogP contribution in [-0.2, 0) is 4.74 Å². The minimum atomic E-state index is 0.504. The Balaban J connectivity index is 1.94. The molecule has 0 aromatic carbocycles. The van der Waals surface area contributed by atoms with Crippen molar-refractivity contribution < 1.29 is 4.74 Å². The molecule has 0 amide bonds. The molecule has 0 aromatic rings. The van der Waals surface area contributed by atoms with E-state index >= 15 is 0 Å². The lowest BCUT2D eigenvalue weighted by atomic mass is 9.92. The second kappa shape index (κ2) is 7.77. The van der Waals surface area contributed by atoms with Crippen molar-refractivity contribution in [1.82, 2.24) is 10.2 Å². The molecule has 0 aromatic heterocycles. The van der Waals surface area contributed by atoms with Gasteiger partial charge in [-0.15, -0.1) is 0 Å². The fraction of sp³-hybridized carbons (Fsp3) is 1.00. The highest BCUT2D eigenvalue weighted by atomic mass is 16.5. The zero-order valence-electron chi connectivity index (χ0n) is 13.9. The summed E-state index contributed by atoms with van der Waals surface area (Å²) in [4.78, 5) is 2.76. The minimum absolute atomic E-state index is 0.504. The Morgan fingerprint density at radius 1 is 1.25 bits per heavy atom. The third-order valence-electron chi connectivity index (χ3n) is 5.58. The van der Waals surface area contributed by atoms with Gasteiger partial charge >= 0.3 is 0 Å². The van der Waals surface area contributed by atoms with E-state index in [1.54, 1.807) is 0 Å². The number of hydrogen-bond acceptors (Lipinski definition) is 3. The average Bonchev–Trinajstić information content (AvgIpc) is 2.93. The van der Waals surface area contributed by atoms with Gasteiger partial charge in [-0.25, -0.2) is 0 Å². The third-order valence-corrected chi connectivity index (χ3v) is 5.58. The molecule has 2 rings (SSSR count). The van der Waals surface area contributed by atoms with E-state index in [0.29, 0.717) is 18.2 Å². The quantitative estimate of drug-likeness (QED) is 0.811. The summed E-state index contributed by atoms with van der Waals surface area (Å²) in [6.45, 7) is 13.9. The van der Waals surface area contributed by atoms with Crippen LogP contribution >= 0.6 is 0 Å². The number of rotatable bonds is 6. The van der Waals surface area contributed by atoms with E-state index in [-0.39, 0.29) is 0 Å². The zero-order chi connectivity index (χ0) is 14.5. The van der Waals surface area contributed by atoms with Crippen molar-refractivity contribution in [2.45, 2.75) is 71.6 Å². The van der Waals surface area contributed by atoms with Crippen LogP contribution < -0.4 is 5.32 Å². The van der Waals surface area contributed by atoms with Gasteiger partial charge in [0.2, 0.25) is 0 Å². The van der Waals surface area contributed by atoms with Gasteiger partial charge in [-0.1, -0.05) is 34.1 Å². The fourth-order valence-corrected chi connectivity index (χ4v) is 3.83. The zero-order valence-corrected chi connectivity index (χ0v) is 13.9. The Morgan fingerprint density at radius 2 is 2.05 bits per heavy atom. The lowest BCUT2D eigenvalue weighted by molar-refractivity contribution is 0.0493. The van der Waals surface area contributed by atoms with Gasteiger partial charge < -0.3 is 10.1 Å². The predicted molar refractivity (Wildman–Crippen MR) is 85.0 cm³/mol. The molecular formula is C17H34N2O. The summed E-state index contributed by atoms with van der Waals surface area (Å²) in [6.07, 6.45) is 5.45. The van der Waals surface area contributed by atoms with Crippen LogP contribution in [0.4, 0.5) is 0 Å². The Bertz CT molecular complexity index is 284. The van der Waals surface area contributed by atoms with Crippen molar-refractivity contribution >= 4 is 0 Å². The van der Waals surface area contributed by atoms with Gasteiger partial charge in [0.25, 0.3) is 0 Å². The first-order valence-corrected chi connectivity index (χ1v) is 8.78. The lowest BCUT2D eigenvalue weighted by Crippen LogP contribution is -2.59. The number of hydrogen-bond donors (Lipinski definition) is 1. The molecule has 0 radical (unpaired) electrons. The van der Waals surface area contributed by atoms with Gasteiger partial charge in [-0.05, 0) is 31.1 Å². The number of ether oxygens (including phenoxy) is 1. The van der Waals surface area contributed by atoms with Crippen molar-refractivity contribution in [2.24, 2.45) is 11.8 Å². The van der Waals surface area contributed by atoms with E-state index in [4.69, 9.17) is 4.74 Å². The fourth-order valence-electron chi connectivity index (χ4n) is 3.83. The van der Waals surface area contributed by atoms with Crippen LogP contribution in [0.1, 0.15) is 53.4 Å². The molecule has 0 aliphatic carbocycles. The molecule has 2 saturated heterocycles. The maximum atomic E-state index is 5.88. The molecule has 1 N–H and O–H groups in total. The first kappa shape index (κ1) is 16.3. The summed E-state index contributed by atoms with van der Waals surface area (Å²) in [5.74, 6) is 1.53. The summed E-state index contributed by atoms with van der Waals surface area (Å²) in [5.41, 5.74) is 0. The number of piperazine rings is 1. The predicted octanol–water partition coefficient (Wildman–Crippen LogP) is 2.90. The molecule has 118 valence electrons. The van der Waals surface area contributed by atoms with Crippen molar-refractivity contribution in [3.05, 3.63) is 0 Å².